The number of sulfone groups is 1. The highest BCUT2D eigenvalue weighted by Crippen LogP contribution is 2.20. The largest absolute Gasteiger partial charge is 0.366 e. The molecule has 1 N–H and O–H groups in total. The summed E-state index contributed by atoms with van der Waals surface area (Å²) in [4.78, 5) is 8.30. The summed E-state index contributed by atoms with van der Waals surface area (Å²) < 4.78 is 36.9. The predicted octanol–water partition coefficient (Wildman–Crippen LogP) is 1.58. The van der Waals surface area contributed by atoms with Gasteiger partial charge in [-0.1, -0.05) is 19.1 Å². The van der Waals surface area contributed by atoms with Crippen LogP contribution in [0.15, 0.2) is 29.3 Å². The van der Waals surface area contributed by atoms with Gasteiger partial charge in [0.15, 0.2) is 15.8 Å². The van der Waals surface area contributed by atoms with Gasteiger partial charge < -0.3 is 15.1 Å². The smallest absolute Gasteiger partial charge is 0.193 e. The molecule has 1 aromatic rings. The Hall–Kier alpha value is -1.10. The normalized spacial score (nSPS) is 15.7. The van der Waals surface area contributed by atoms with Gasteiger partial charge >= 0.3 is 0 Å². The lowest BCUT2D eigenvalue weighted by Crippen LogP contribution is -2.53. The minimum absolute atomic E-state index is 0. The topological polar surface area (TPSA) is 65.0 Å². The molecule has 0 atom stereocenters. The van der Waals surface area contributed by atoms with Crippen molar-refractivity contribution in [2.24, 2.45) is 4.99 Å². The van der Waals surface area contributed by atoms with E-state index in [9.17, 15) is 12.8 Å². The van der Waals surface area contributed by atoms with Crippen LogP contribution in [0.3, 0.4) is 0 Å². The first-order chi connectivity index (χ1) is 11.5. The molecule has 6 nitrogen and oxygen atoms in total. The second kappa shape index (κ2) is 10.1. The van der Waals surface area contributed by atoms with Gasteiger partial charge in [-0.05, 0) is 12.1 Å². The maximum Gasteiger partial charge on any atom is 0.193 e. The third-order valence-electron chi connectivity index (χ3n) is 4.12. The minimum atomic E-state index is -2.99. The number of anilines is 1. The number of para-hydroxylation sites is 1. The summed E-state index contributed by atoms with van der Waals surface area (Å²) in [5.74, 6) is 0.722. The van der Waals surface area contributed by atoms with Gasteiger partial charge in [-0.2, -0.15) is 0 Å². The van der Waals surface area contributed by atoms with Crippen LogP contribution >= 0.6 is 24.0 Å². The number of hydrogen-bond donors (Lipinski definition) is 1. The highest BCUT2D eigenvalue weighted by atomic mass is 127. The van der Waals surface area contributed by atoms with Gasteiger partial charge in [0.2, 0.25) is 0 Å². The summed E-state index contributed by atoms with van der Waals surface area (Å²) in [5, 5.41) is 3.10. The van der Waals surface area contributed by atoms with Crippen LogP contribution in [-0.2, 0) is 9.84 Å². The lowest BCUT2D eigenvalue weighted by atomic mass is 10.2. The molecule has 1 heterocycles. The van der Waals surface area contributed by atoms with Crippen LogP contribution < -0.4 is 10.2 Å². The third-order valence-corrected chi connectivity index (χ3v) is 5.83. The van der Waals surface area contributed by atoms with Gasteiger partial charge in [0.25, 0.3) is 0 Å². The van der Waals surface area contributed by atoms with E-state index in [-0.39, 0.29) is 41.3 Å². The second-order valence-electron chi connectivity index (χ2n) is 5.64. The van der Waals surface area contributed by atoms with Crippen LogP contribution in [-0.4, -0.2) is 70.6 Å². The molecule has 1 aliphatic rings. The van der Waals surface area contributed by atoms with Crippen molar-refractivity contribution in [3.8, 4) is 0 Å². The van der Waals surface area contributed by atoms with E-state index in [4.69, 9.17) is 0 Å². The van der Waals surface area contributed by atoms with Gasteiger partial charge in [-0.25, -0.2) is 12.8 Å². The molecule has 2 rings (SSSR count). The van der Waals surface area contributed by atoms with Gasteiger partial charge in [0.05, 0.1) is 11.4 Å². The molecule has 0 unspecified atom stereocenters. The van der Waals surface area contributed by atoms with Crippen LogP contribution in [0, 0.1) is 5.82 Å². The molecule has 1 fully saturated rings. The monoisotopic (exact) mass is 484 g/mol. The third kappa shape index (κ3) is 6.28. The zero-order valence-electron chi connectivity index (χ0n) is 14.6. The quantitative estimate of drug-likeness (QED) is 0.391. The van der Waals surface area contributed by atoms with Crippen LogP contribution in [0.1, 0.15) is 6.92 Å². The summed E-state index contributed by atoms with van der Waals surface area (Å²) in [6.07, 6.45) is 0. The Morgan fingerprint density at radius 1 is 1.24 bits per heavy atom. The van der Waals surface area contributed by atoms with Gasteiger partial charge in [0, 0.05) is 45.5 Å². The highest BCUT2D eigenvalue weighted by Gasteiger charge is 2.21. The lowest BCUT2D eigenvalue weighted by Gasteiger charge is -2.37. The van der Waals surface area contributed by atoms with Crippen molar-refractivity contribution in [2.75, 3.05) is 56.2 Å². The molecule has 25 heavy (non-hydrogen) atoms. The Kier molecular flexibility index (Phi) is 8.91. The Bertz CT molecular complexity index is 676. The number of piperazine rings is 1. The van der Waals surface area contributed by atoms with Crippen molar-refractivity contribution in [1.82, 2.24) is 10.2 Å². The van der Waals surface area contributed by atoms with Crippen molar-refractivity contribution in [3.63, 3.8) is 0 Å². The molecule has 1 aliphatic heterocycles. The van der Waals surface area contributed by atoms with Gasteiger partial charge in [0.1, 0.15) is 5.82 Å². The maximum absolute atomic E-state index is 13.9. The summed E-state index contributed by atoms with van der Waals surface area (Å²) in [6.45, 7) is 4.77. The molecule has 0 aromatic heterocycles. The van der Waals surface area contributed by atoms with E-state index in [0.29, 0.717) is 44.4 Å². The number of halogens is 2. The molecule has 0 saturated carbocycles. The average Bonchev–Trinajstić information content (AvgIpc) is 2.59. The van der Waals surface area contributed by atoms with Crippen LogP contribution in [0.4, 0.5) is 10.1 Å². The fourth-order valence-electron chi connectivity index (χ4n) is 2.66. The van der Waals surface area contributed by atoms with Gasteiger partial charge in [-0.3, -0.25) is 4.99 Å². The number of nitrogens with zero attached hydrogens (tertiary/aromatic N) is 3. The SMILES string of the molecule is CCS(=O)(=O)CCNC(=NC)N1CCN(c2ccccc2F)CC1.I. The Morgan fingerprint density at radius 3 is 2.44 bits per heavy atom. The van der Waals surface area contributed by atoms with E-state index >= 15 is 0 Å². The van der Waals surface area contributed by atoms with E-state index in [1.807, 2.05) is 11.0 Å². The van der Waals surface area contributed by atoms with E-state index in [1.165, 1.54) is 6.07 Å². The number of benzene rings is 1. The fourth-order valence-corrected chi connectivity index (χ4v) is 3.36. The zero-order chi connectivity index (χ0) is 17.6. The Morgan fingerprint density at radius 2 is 1.88 bits per heavy atom. The van der Waals surface area contributed by atoms with E-state index in [1.54, 1.807) is 26.1 Å². The van der Waals surface area contributed by atoms with E-state index < -0.39 is 9.84 Å². The van der Waals surface area contributed by atoms with E-state index in [0.717, 1.165) is 0 Å². The molecule has 0 radical (unpaired) electrons. The molecular weight excluding hydrogens is 458 g/mol. The summed E-state index contributed by atoms with van der Waals surface area (Å²) in [5.41, 5.74) is 0.620. The molecule has 9 heteroatoms. The molecule has 0 bridgehead atoms. The highest BCUT2D eigenvalue weighted by molar-refractivity contribution is 14.0. The maximum atomic E-state index is 13.9. The summed E-state index contributed by atoms with van der Waals surface area (Å²) >= 11 is 0. The molecular formula is C16H26FIN4O2S. The van der Waals surface area contributed by atoms with Crippen LogP contribution in [0.5, 0.6) is 0 Å². The number of guanidine groups is 1. The molecule has 1 aromatic carbocycles. The van der Waals surface area contributed by atoms with Gasteiger partial charge in [-0.15, -0.1) is 24.0 Å². The first-order valence-electron chi connectivity index (χ1n) is 8.12. The zero-order valence-corrected chi connectivity index (χ0v) is 17.8. The number of rotatable bonds is 5. The molecule has 142 valence electrons. The molecule has 1 saturated heterocycles. The van der Waals surface area contributed by atoms with Crippen molar-refractivity contribution in [1.29, 1.82) is 0 Å². The second-order valence-corrected chi connectivity index (χ2v) is 8.11. The Balaban J connectivity index is 0.00000312. The van der Waals surface area contributed by atoms with Crippen molar-refractivity contribution in [2.45, 2.75) is 6.92 Å². The average molecular weight is 484 g/mol. The number of aliphatic imine (C=N–C) groups is 1. The first-order valence-corrected chi connectivity index (χ1v) is 9.94. The van der Waals surface area contributed by atoms with Crippen molar-refractivity contribution < 1.29 is 12.8 Å². The first kappa shape index (κ1) is 21.9. The van der Waals surface area contributed by atoms with E-state index in [2.05, 4.69) is 15.2 Å². The Labute approximate surface area is 166 Å². The van der Waals surface area contributed by atoms with Crippen molar-refractivity contribution >= 4 is 45.5 Å². The number of nitrogens with one attached hydrogen (secondary N) is 1. The van der Waals surface area contributed by atoms with Crippen molar-refractivity contribution in [3.05, 3.63) is 30.1 Å². The predicted molar refractivity (Wildman–Crippen MR) is 111 cm³/mol. The lowest BCUT2D eigenvalue weighted by molar-refractivity contribution is 0.372. The minimum Gasteiger partial charge on any atom is -0.366 e. The van der Waals surface area contributed by atoms with Crippen LogP contribution in [0.25, 0.3) is 0 Å². The molecule has 0 aliphatic carbocycles. The molecule has 0 spiro atoms. The summed E-state index contributed by atoms with van der Waals surface area (Å²) in [6, 6.07) is 6.77. The summed E-state index contributed by atoms with van der Waals surface area (Å²) in [7, 11) is -1.31. The fraction of sp³-hybridized carbons (Fsp3) is 0.562. The standard InChI is InChI=1S/C16H25FN4O2S.HI/c1-3-24(22,23)13-8-19-16(18-2)21-11-9-20(10-12-21)15-7-5-4-6-14(15)17;/h4-7H,3,8-13H2,1-2H3,(H,18,19);1H. The number of hydrogen-bond acceptors (Lipinski definition) is 4. The van der Waals surface area contributed by atoms with Crippen LogP contribution in [0.2, 0.25) is 0 Å². The molecule has 0 amide bonds.